The summed E-state index contributed by atoms with van der Waals surface area (Å²) >= 11 is 0. The molecule has 0 aliphatic heterocycles. The predicted octanol–water partition coefficient (Wildman–Crippen LogP) is 6.08. The highest BCUT2D eigenvalue weighted by molar-refractivity contribution is 5.80. The van der Waals surface area contributed by atoms with Gasteiger partial charge in [0.2, 0.25) is 5.82 Å². The summed E-state index contributed by atoms with van der Waals surface area (Å²) in [6.45, 7) is 7.24. The molecule has 3 heterocycles. The summed E-state index contributed by atoms with van der Waals surface area (Å²) in [5, 5.41) is 14.6. The van der Waals surface area contributed by atoms with Gasteiger partial charge in [0.1, 0.15) is 5.82 Å². The van der Waals surface area contributed by atoms with Crippen LogP contribution in [0.1, 0.15) is 37.7 Å². The predicted molar refractivity (Wildman–Crippen MR) is 187 cm³/mol. The van der Waals surface area contributed by atoms with Crippen LogP contribution in [0.4, 0.5) is 0 Å². The molecule has 0 radical (unpaired) electrons. The maximum atomic E-state index is 14.4. The molecular weight excluding hydrogens is 600 g/mol. The first-order valence-electron chi connectivity index (χ1n) is 16.0. The lowest BCUT2D eigenvalue weighted by Crippen LogP contribution is -2.40. The smallest absolute Gasteiger partial charge is 0.318 e. The number of fused-ring (bicyclic) bond motifs is 1. The second kappa shape index (κ2) is 12.7. The zero-order valence-corrected chi connectivity index (χ0v) is 27.2. The van der Waals surface area contributed by atoms with Gasteiger partial charge in [0.25, 0.3) is 5.56 Å². The van der Waals surface area contributed by atoms with Crippen molar-refractivity contribution in [2.75, 3.05) is 0 Å². The van der Waals surface area contributed by atoms with Gasteiger partial charge in [-0.2, -0.15) is 5.21 Å². The molecular formula is C38H36N8O2. The molecule has 0 fully saturated rings. The first-order chi connectivity index (χ1) is 23.3. The molecule has 1 N–H and O–H groups in total. The third-order valence-electron chi connectivity index (χ3n) is 8.40. The van der Waals surface area contributed by atoms with E-state index in [4.69, 9.17) is 4.98 Å². The minimum atomic E-state index is -0.397. The molecule has 48 heavy (non-hydrogen) atoms. The van der Waals surface area contributed by atoms with E-state index in [0.717, 1.165) is 33.6 Å². The number of tetrazole rings is 1. The van der Waals surface area contributed by atoms with Crippen LogP contribution in [0.3, 0.4) is 0 Å². The van der Waals surface area contributed by atoms with Gasteiger partial charge in [0.05, 0.1) is 5.69 Å². The molecule has 7 rings (SSSR count). The molecule has 0 saturated heterocycles. The number of nitrogens with one attached hydrogen (secondary N) is 1. The van der Waals surface area contributed by atoms with Crippen molar-refractivity contribution in [1.82, 2.24) is 39.3 Å². The number of benzene rings is 4. The van der Waals surface area contributed by atoms with E-state index >= 15 is 0 Å². The number of aromatic amines is 1. The van der Waals surface area contributed by atoms with E-state index < -0.39 is 5.69 Å². The second-order valence-electron chi connectivity index (χ2n) is 13.1. The number of hydrogen-bond donors (Lipinski definition) is 1. The lowest BCUT2D eigenvalue weighted by Gasteiger charge is -2.19. The standard InChI is InChI=1S/C38H36N8O2/c1-38(2,3)24-32-39-35-33(36(47)46(29-14-8-5-9-15-29)37(48)44(35)23-22-26-12-6-4-7-13-26)45(32)25-27-18-20-28(21-19-27)30-16-10-11-17-31(30)34-40-42-43-41-34/h4-21H,22-25H2,1-3H3,(H,40,41,42,43). The summed E-state index contributed by atoms with van der Waals surface area (Å²) in [5.41, 5.74) is 5.43. The van der Waals surface area contributed by atoms with E-state index in [0.29, 0.717) is 48.6 Å². The van der Waals surface area contributed by atoms with Crippen LogP contribution in [-0.2, 0) is 25.9 Å². The number of nitrogens with zero attached hydrogens (tertiary/aromatic N) is 7. The summed E-state index contributed by atoms with van der Waals surface area (Å²) in [6, 6.07) is 35.4. The van der Waals surface area contributed by atoms with Gasteiger partial charge in [0.15, 0.2) is 11.2 Å². The monoisotopic (exact) mass is 636 g/mol. The van der Waals surface area contributed by atoms with Crippen molar-refractivity contribution in [3.8, 4) is 28.2 Å². The number of hydrogen-bond acceptors (Lipinski definition) is 6. The third-order valence-corrected chi connectivity index (χ3v) is 8.40. The van der Waals surface area contributed by atoms with Crippen molar-refractivity contribution in [1.29, 1.82) is 0 Å². The van der Waals surface area contributed by atoms with Crippen molar-refractivity contribution in [3.05, 3.63) is 147 Å². The van der Waals surface area contributed by atoms with Gasteiger partial charge in [-0.25, -0.2) is 14.3 Å². The molecule has 0 aliphatic carbocycles. The minimum Gasteiger partial charge on any atom is -0.318 e. The Morgan fingerprint density at radius 3 is 2.06 bits per heavy atom. The van der Waals surface area contributed by atoms with E-state index in [1.54, 1.807) is 16.7 Å². The van der Waals surface area contributed by atoms with E-state index in [9.17, 15) is 9.59 Å². The SMILES string of the molecule is CC(C)(C)Cc1nc2c(c(=O)n(-c3ccccc3)c(=O)n2CCc2ccccc2)n1Cc1ccc(-c2ccccc2-c2nn[nH]n2)cc1. The maximum Gasteiger partial charge on any atom is 0.337 e. The first kappa shape index (κ1) is 30.7. The van der Waals surface area contributed by atoms with Crippen molar-refractivity contribution < 1.29 is 0 Å². The largest absolute Gasteiger partial charge is 0.337 e. The van der Waals surface area contributed by atoms with Crippen LogP contribution in [0, 0.1) is 5.41 Å². The molecule has 240 valence electrons. The van der Waals surface area contributed by atoms with Gasteiger partial charge in [-0.15, -0.1) is 10.2 Å². The maximum absolute atomic E-state index is 14.4. The van der Waals surface area contributed by atoms with Crippen LogP contribution in [0.15, 0.2) is 119 Å². The number of H-pyrrole nitrogens is 1. The fourth-order valence-electron chi connectivity index (χ4n) is 6.14. The van der Waals surface area contributed by atoms with Gasteiger partial charge in [-0.3, -0.25) is 9.36 Å². The van der Waals surface area contributed by atoms with Crippen LogP contribution in [0.5, 0.6) is 0 Å². The number of rotatable bonds is 9. The fraction of sp³-hybridized carbons (Fsp3) is 0.211. The number of para-hydroxylation sites is 1. The molecule has 4 aromatic carbocycles. The van der Waals surface area contributed by atoms with Crippen molar-refractivity contribution in [2.24, 2.45) is 5.41 Å². The number of aryl methyl sites for hydroxylation is 2. The van der Waals surface area contributed by atoms with E-state index in [1.807, 2.05) is 77.4 Å². The molecule has 0 saturated carbocycles. The van der Waals surface area contributed by atoms with E-state index in [-0.39, 0.29) is 11.0 Å². The summed E-state index contributed by atoms with van der Waals surface area (Å²) in [6.07, 6.45) is 1.24. The highest BCUT2D eigenvalue weighted by Gasteiger charge is 2.25. The topological polar surface area (TPSA) is 116 Å². The van der Waals surface area contributed by atoms with Crippen molar-refractivity contribution in [3.63, 3.8) is 0 Å². The molecule has 3 aromatic heterocycles. The van der Waals surface area contributed by atoms with Gasteiger partial charge in [0, 0.05) is 25.1 Å². The zero-order valence-electron chi connectivity index (χ0n) is 27.2. The van der Waals surface area contributed by atoms with Gasteiger partial charge in [-0.05, 0) is 51.4 Å². The van der Waals surface area contributed by atoms with E-state index in [2.05, 4.69) is 65.7 Å². The first-order valence-corrected chi connectivity index (χ1v) is 16.0. The molecule has 0 unspecified atom stereocenters. The summed E-state index contributed by atoms with van der Waals surface area (Å²) in [4.78, 5) is 33.6. The van der Waals surface area contributed by atoms with Gasteiger partial charge >= 0.3 is 5.69 Å². The summed E-state index contributed by atoms with van der Waals surface area (Å²) in [7, 11) is 0. The fourth-order valence-corrected chi connectivity index (χ4v) is 6.14. The molecule has 0 bridgehead atoms. The van der Waals surface area contributed by atoms with E-state index in [1.165, 1.54) is 4.57 Å². The Hall–Kier alpha value is -5.90. The normalized spacial score (nSPS) is 11.7. The van der Waals surface area contributed by atoms with Crippen LogP contribution < -0.4 is 11.2 Å². The van der Waals surface area contributed by atoms with Crippen LogP contribution in [0.2, 0.25) is 0 Å². The van der Waals surface area contributed by atoms with Gasteiger partial charge in [-0.1, -0.05) is 118 Å². The summed E-state index contributed by atoms with van der Waals surface area (Å²) < 4.78 is 4.95. The average molecular weight is 637 g/mol. The molecule has 0 amide bonds. The van der Waals surface area contributed by atoms with Gasteiger partial charge < -0.3 is 4.57 Å². The van der Waals surface area contributed by atoms with Crippen LogP contribution >= 0.6 is 0 Å². The Morgan fingerprint density at radius 2 is 1.40 bits per heavy atom. The Balaban J connectivity index is 1.36. The lowest BCUT2D eigenvalue weighted by atomic mass is 9.92. The molecule has 10 heteroatoms. The Morgan fingerprint density at radius 1 is 0.729 bits per heavy atom. The highest BCUT2D eigenvalue weighted by Crippen LogP contribution is 2.30. The summed E-state index contributed by atoms with van der Waals surface area (Å²) in [5.74, 6) is 1.29. The second-order valence-corrected chi connectivity index (χ2v) is 13.1. The molecule has 10 nitrogen and oxygen atoms in total. The number of aromatic nitrogens is 8. The van der Waals surface area contributed by atoms with Crippen LogP contribution in [-0.4, -0.2) is 39.3 Å². The lowest BCUT2D eigenvalue weighted by molar-refractivity contribution is 0.394. The van der Waals surface area contributed by atoms with Crippen molar-refractivity contribution in [2.45, 2.75) is 46.7 Å². The third kappa shape index (κ3) is 6.12. The molecule has 7 aromatic rings. The Kier molecular flexibility index (Phi) is 8.14. The Bertz CT molecular complexity index is 2300. The quantitative estimate of drug-likeness (QED) is 0.206. The van der Waals surface area contributed by atoms with Crippen LogP contribution in [0.25, 0.3) is 39.4 Å². The zero-order chi connectivity index (χ0) is 33.3. The minimum absolute atomic E-state index is 0.116. The Labute approximate surface area is 277 Å². The van der Waals surface area contributed by atoms with Crippen molar-refractivity contribution >= 4 is 11.2 Å². The molecule has 0 atom stereocenters. The number of imidazole rings is 1. The molecule has 0 spiro atoms. The average Bonchev–Trinajstić information content (AvgIpc) is 3.74. The molecule has 0 aliphatic rings. The highest BCUT2D eigenvalue weighted by atomic mass is 16.2.